The van der Waals surface area contributed by atoms with Crippen molar-refractivity contribution in [2.75, 3.05) is 13.7 Å². The summed E-state index contributed by atoms with van der Waals surface area (Å²) >= 11 is 0. The average molecular weight is 231 g/mol. The minimum absolute atomic E-state index is 0.304. The van der Waals surface area contributed by atoms with Crippen LogP contribution < -0.4 is 5.32 Å². The van der Waals surface area contributed by atoms with Crippen LogP contribution in [-0.4, -0.2) is 19.7 Å². The van der Waals surface area contributed by atoms with Crippen molar-refractivity contribution in [1.82, 2.24) is 5.32 Å². The molecular formula is C15H21NO. The maximum atomic E-state index is 5.97. The molecule has 1 N–H and O–H groups in total. The molecule has 0 bridgehead atoms. The van der Waals surface area contributed by atoms with Crippen LogP contribution in [0.2, 0.25) is 0 Å². The monoisotopic (exact) mass is 231 g/mol. The van der Waals surface area contributed by atoms with Gasteiger partial charge in [0, 0.05) is 6.04 Å². The Bertz CT molecular complexity index is 386. The van der Waals surface area contributed by atoms with Crippen LogP contribution >= 0.6 is 0 Å². The van der Waals surface area contributed by atoms with Gasteiger partial charge in [0.25, 0.3) is 0 Å². The molecule has 92 valence electrons. The molecule has 17 heavy (non-hydrogen) atoms. The van der Waals surface area contributed by atoms with E-state index in [9.17, 15) is 0 Å². The topological polar surface area (TPSA) is 21.3 Å². The van der Waals surface area contributed by atoms with Gasteiger partial charge in [-0.05, 0) is 49.8 Å². The molecule has 1 aromatic carbocycles. The lowest BCUT2D eigenvalue weighted by Gasteiger charge is -2.29. The highest BCUT2D eigenvalue weighted by molar-refractivity contribution is 5.31. The number of benzene rings is 1. The second-order valence-corrected chi connectivity index (χ2v) is 5.28. The average Bonchev–Trinajstić information content (AvgIpc) is 3.20. The lowest BCUT2D eigenvalue weighted by atomic mass is 9.92. The lowest BCUT2D eigenvalue weighted by molar-refractivity contribution is 0.0283. The van der Waals surface area contributed by atoms with Crippen LogP contribution in [0.4, 0.5) is 0 Å². The van der Waals surface area contributed by atoms with Gasteiger partial charge in [-0.2, -0.15) is 0 Å². The quantitative estimate of drug-likeness (QED) is 0.860. The molecule has 2 unspecified atom stereocenters. The molecule has 0 aromatic heterocycles. The van der Waals surface area contributed by atoms with Gasteiger partial charge in [0.1, 0.15) is 0 Å². The first-order chi connectivity index (χ1) is 8.38. The summed E-state index contributed by atoms with van der Waals surface area (Å²) in [6.07, 6.45) is 5.27. The Kier molecular flexibility index (Phi) is 3.17. The lowest BCUT2D eigenvalue weighted by Crippen LogP contribution is -2.31. The van der Waals surface area contributed by atoms with E-state index in [0.717, 1.165) is 25.4 Å². The van der Waals surface area contributed by atoms with E-state index < -0.39 is 0 Å². The van der Waals surface area contributed by atoms with Gasteiger partial charge in [-0.3, -0.25) is 0 Å². The molecule has 2 atom stereocenters. The number of hydrogen-bond acceptors (Lipinski definition) is 2. The van der Waals surface area contributed by atoms with E-state index in [-0.39, 0.29) is 0 Å². The summed E-state index contributed by atoms with van der Waals surface area (Å²) in [5.41, 5.74) is 2.90. The van der Waals surface area contributed by atoms with Crippen molar-refractivity contribution in [3.8, 4) is 0 Å². The number of hydrogen-bond donors (Lipinski definition) is 1. The van der Waals surface area contributed by atoms with Gasteiger partial charge in [-0.25, -0.2) is 0 Å². The van der Waals surface area contributed by atoms with E-state index in [1.807, 2.05) is 0 Å². The molecule has 1 saturated carbocycles. The highest BCUT2D eigenvalue weighted by Crippen LogP contribution is 2.38. The van der Waals surface area contributed by atoms with Crippen LogP contribution in [-0.2, 0) is 11.2 Å². The Morgan fingerprint density at radius 3 is 2.94 bits per heavy atom. The molecule has 2 aliphatic rings. The van der Waals surface area contributed by atoms with Gasteiger partial charge in [-0.1, -0.05) is 24.3 Å². The van der Waals surface area contributed by atoms with Crippen molar-refractivity contribution in [1.29, 1.82) is 0 Å². The van der Waals surface area contributed by atoms with E-state index in [4.69, 9.17) is 4.74 Å². The highest BCUT2D eigenvalue weighted by Gasteiger charge is 2.33. The maximum Gasteiger partial charge on any atom is 0.0842 e. The second kappa shape index (κ2) is 4.79. The van der Waals surface area contributed by atoms with Gasteiger partial charge < -0.3 is 10.1 Å². The van der Waals surface area contributed by atoms with Gasteiger partial charge in [0.05, 0.1) is 12.7 Å². The summed E-state index contributed by atoms with van der Waals surface area (Å²) in [5, 5.41) is 3.46. The summed E-state index contributed by atoms with van der Waals surface area (Å²) in [7, 11) is 2.08. The fraction of sp³-hybridized carbons (Fsp3) is 0.600. The Balaban J connectivity index is 1.75. The highest BCUT2D eigenvalue weighted by atomic mass is 16.5. The molecule has 1 aliphatic carbocycles. The predicted octanol–water partition coefficient (Wildman–Crippen LogP) is 2.69. The van der Waals surface area contributed by atoms with Crippen LogP contribution in [0.1, 0.15) is 36.5 Å². The van der Waals surface area contributed by atoms with Gasteiger partial charge in [0.15, 0.2) is 0 Å². The van der Waals surface area contributed by atoms with E-state index >= 15 is 0 Å². The zero-order chi connectivity index (χ0) is 11.7. The Morgan fingerprint density at radius 2 is 2.18 bits per heavy atom. The smallest absolute Gasteiger partial charge is 0.0842 e. The normalized spacial score (nSPS) is 25.4. The van der Waals surface area contributed by atoms with Gasteiger partial charge in [-0.15, -0.1) is 0 Å². The van der Waals surface area contributed by atoms with Gasteiger partial charge in [0.2, 0.25) is 0 Å². The first-order valence-electron chi connectivity index (χ1n) is 6.75. The van der Waals surface area contributed by atoms with E-state index in [0.29, 0.717) is 12.1 Å². The van der Waals surface area contributed by atoms with E-state index in [2.05, 4.69) is 36.6 Å². The third-order valence-electron chi connectivity index (χ3n) is 4.12. The minimum atomic E-state index is 0.304. The Morgan fingerprint density at radius 1 is 1.35 bits per heavy atom. The summed E-state index contributed by atoms with van der Waals surface area (Å²) in [6, 6.07) is 9.38. The minimum Gasteiger partial charge on any atom is -0.373 e. The Labute approximate surface area is 103 Å². The van der Waals surface area contributed by atoms with Crippen LogP contribution in [0, 0.1) is 5.92 Å². The number of nitrogens with one attached hydrogen (secondary N) is 1. The fourth-order valence-electron chi connectivity index (χ4n) is 2.95. The summed E-state index contributed by atoms with van der Waals surface area (Å²) in [5.74, 6) is 0.887. The van der Waals surface area contributed by atoms with Crippen LogP contribution in [0.25, 0.3) is 0 Å². The fourth-order valence-corrected chi connectivity index (χ4v) is 2.95. The maximum absolute atomic E-state index is 5.97. The molecule has 0 spiro atoms. The molecule has 3 rings (SSSR count). The first kappa shape index (κ1) is 11.2. The van der Waals surface area contributed by atoms with Gasteiger partial charge >= 0.3 is 0 Å². The molecule has 2 heteroatoms. The SMILES string of the molecule is CNC(CC1OCCc2ccccc21)C1CC1. The second-order valence-electron chi connectivity index (χ2n) is 5.28. The molecule has 0 saturated heterocycles. The molecule has 1 aliphatic heterocycles. The zero-order valence-corrected chi connectivity index (χ0v) is 10.5. The summed E-state index contributed by atoms with van der Waals surface area (Å²) < 4.78 is 5.97. The molecule has 1 heterocycles. The van der Waals surface area contributed by atoms with Crippen molar-refractivity contribution < 1.29 is 4.74 Å². The van der Waals surface area contributed by atoms with Crippen molar-refractivity contribution in [2.45, 2.75) is 37.8 Å². The van der Waals surface area contributed by atoms with E-state index in [1.165, 1.54) is 24.0 Å². The Hall–Kier alpha value is -0.860. The number of rotatable bonds is 4. The van der Waals surface area contributed by atoms with Crippen LogP contribution in [0.5, 0.6) is 0 Å². The summed E-state index contributed by atoms with van der Waals surface area (Å²) in [4.78, 5) is 0. The molecule has 1 aromatic rings. The third-order valence-corrected chi connectivity index (χ3v) is 4.12. The predicted molar refractivity (Wildman–Crippen MR) is 69.0 cm³/mol. The van der Waals surface area contributed by atoms with E-state index in [1.54, 1.807) is 0 Å². The largest absolute Gasteiger partial charge is 0.373 e. The van der Waals surface area contributed by atoms with Crippen molar-refractivity contribution in [2.24, 2.45) is 5.92 Å². The van der Waals surface area contributed by atoms with Crippen molar-refractivity contribution in [3.63, 3.8) is 0 Å². The third kappa shape index (κ3) is 2.38. The van der Waals surface area contributed by atoms with Crippen molar-refractivity contribution >= 4 is 0 Å². The van der Waals surface area contributed by atoms with Crippen LogP contribution in [0.3, 0.4) is 0 Å². The molecule has 0 amide bonds. The number of ether oxygens (including phenoxy) is 1. The van der Waals surface area contributed by atoms with Crippen molar-refractivity contribution in [3.05, 3.63) is 35.4 Å². The number of fused-ring (bicyclic) bond motifs is 1. The molecule has 1 fully saturated rings. The standard InChI is InChI=1S/C15H21NO/c1-16-14(12-6-7-12)10-15-13-5-3-2-4-11(13)8-9-17-15/h2-5,12,14-16H,6-10H2,1H3. The summed E-state index contributed by atoms with van der Waals surface area (Å²) in [6.45, 7) is 0.878. The molecule has 0 radical (unpaired) electrons. The molecular weight excluding hydrogens is 210 g/mol. The molecule has 2 nitrogen and oxygen atoms in total. The van der Waals surface area contributed by atoms with Crippen LogP contribution in [0.15, 0.2) is 24.3 Å². The zero-order valence-electron chi connectivity index (χ0n) is 10.5. The first-order valence-corrected chi connectivity index (χ1v) is 6.75.